The van der Waals surface area contributed by atoms with Crippen molar-refractivity contribution in [2.75, 3.05) is 27.3 Å². The molecular weight excluding hydrogens is 302 g/mol. The van der Waals surface area contributed by atoms with E-state index in [1.807, 2.05) is 0 Å². The van der Waals surface area contributed by atoms with E-state index < -0.39 is 35.1 Å². The van der Waals surface area contributed by atoms with Crippen LogP contribution < -0.4 is 4.74 Å². The van der Waals surface area contributed by atoms with Gasteiger partial charge in [-0.3, -0.25) is 4.79 Å². The van der Waals surface area contributed by atoms with Gasteiger partial charge in [0.15, 0.2) is 6.61 Å². The number of benzene rings is 1. The first-order valence-electron chi connectivity index (χ1n) is 5.75. The average molecular weight is 317 g/mol. The van der Waals surface area contributed by atoms with E-state index in [-0.39, 0.29) is 10.6 Å². The number of sulfonamides is 1. The number of methoxy groups -OCH3 is 1. The first-order valence-corrected chi connectivity index (χ1v) is 7.19. The number of carboxylic acid groups (broad SMARTS) is 1. The van der Waals surface area contributed by atoms with Gasteiger partial charge in [0.25, 0.3) is 0 Å². The molecule has 0 saturated carbocycles. The Bertz CT molecular complexity index is 609. The number of likely N-dealkylation sites (N-methyl/N-ethyl adjacent to an activating group) is 1. The standard InChI is InChI=1S/C12H15NO7S/c1-13(7-12(16)19-2)21(17,18)10-5-3-9(4-6-10)20-8-11(14)15/h3-6H,7-8H2,1-2H3,(H,14,15). The molecule has 0 unspecified atom stereocenters. The quantitative estimate of drug-likeness (QED) is 0.702. The molecule has 9 heteroatoms. The molecule has 0 aliphatic heterocycles. The molecule has 0 aromatic heterocycles. The molecule has 1 aromatic rings. The lowest BCUT2D eigenvalue weighted by molar-refractivity contribution is -0.141. The SMILES string of the molecule is COC(=O)CN(C)S(=O)(=O)c1ccc(OCC(=O)O)cc1. The summed E-state index contributed by atoms with van der Waals surface area (Å²) in [7, 11) is -1.42. The first-order chi connectivity index (χ1) is 9.77. The second-order valence-corrected chi connectivity index (χ2v) is 6.04. The molecule has 0 aliphatic rings. The minimum Gasteiger partial charge on any atom is -0.482 e. The number of hydrogen-bond acceptors (Lipinski definition) is 6. The summed E-state index contributed by atoms with van der Waals surface area (Å²) in [5.74, 6) is -1.58. The van der Waals surface area contributed by atoms with Crippen LogP contribution in [0.25, 0.3) is 0 Å². The summed E-state index contributed by atoms with van der Waals surface area (Å²) < 4.78 is 34.4. The van der Waals surface area contributed by atoms with Gasteiger partial charge in [-0.1, -0.05) is 0 Å². The maximum atomic E-state index is 12.1. The fourth-order valence-electron chi connectivity index (χ4n) is 1.36. The van der Waals surface area contributed by atoms with Crippen molar-refractivity contribution in [1.82, 2.24) is 4.31 Å². The Balaban J connectivity index is 2.84. The van der Waals surface area contributed by atoms with Crippen LogP contribution in [0.3, 0.4) is 0 Å². The van der Waals surface area contributed by atoms with Crippen LogP contribution in [0.5, 0.6) is 5.75 Å². The highest BCUT2D eigenvalue weighted by molar-refractivity contribution is 7.89. The molecule has 0 amide bonds. The topological polar surface area (TPSA) is 110 Å². The van der Waals surface area contributed by atoms with Crippen molar-refractivity contribution >= 4 is 22.0 Å². The van der Waals surface area contributed by atoms with Crippen LogP contribution in [0.15, 0.2) is 29.2 Å². The highest BCUT2D eigenvalue weighted by Crippen LogP contribution is 2.18. The third-order valence-electron chi connectivity index (χ3n) is 2.47. The lowest BCUT2D eigenvalue weighted by Crippen LogP contribution is -2.32. The van der Waals surface area contributed by atoms with Gasteiger partial charge in [-0.05, 0) is 24.3 Å². The monoisotopic (exact) mass is 317 g/mol. The third-order valence-corrected chi connectivity index (χ3v) is 4.29. The van der Waals surface area contributed by atoms with Gasteiger partial charge in [0.1, 0.15) is 12.3 Å². The maximum Gasteiger partial charge on any atom is 0.341 e. The maximum absolute atomic E-state index is 12.1. The molecule has 0 heterocycles. The smallest absolute Gasteiger partial charge is 0.341 e. The Labute approximate surface area is 121 Å². The van der Waals surface area contributed by atoms with E-state index in [4.69, 9.17) is 9.84 Å². The molecule has 21 heavy (non-hydrogen) atoms. The van der Waals surface area contributed by atoms with Gasteiger partial charge in [0.05, 0.1) is 12.0 Å². The molecule has 1 rings (SSSR count). The predicted octanol–water partition coefficient (Wildman–Crippen LogP) is -0.0565. The molecule has 0 fully saturated rings. The van der Waals surface area contributed by atoms with E-state index in [9.17, 15) is 18.0 Å². The van der Waals surface area contributed by atoms with E-state index in [1.54, 1.807) is 0 Å². The van der Waals surface area contributed by atoms with Gasteiger partial charge in [-0.2, -0.15) is 4.31 Å². The first kappa shape index (κ1) is 16.9. The van der Waals surface area contributed by atoms with Crippen LogP contribution in [-0.4, -0.2) is 57.1 Å². The second kappa shape index (κ2) is 7.04. The number of ether oxygens (including phenoxy) is 2. The summed E-state index contributed by atoms with van der Waals surface area (Å²) in [6.07, 6.45) is 0. The van der Waals surface area contributed by atoms with Gasteiger partial charge in [0.2, 0.25) is 10.0 Å². The number of nitrogens with zero attached hydrogens (tertiary/aromatic N) is 1. The number of carbonyl (C=O) groups excluding carboxylic acids is 1. The molecule has 0 spiro atoms. The minimum atomic E-state index is -3.83. The molecule has 0 saturated heterocycles. The zero-order chi connectivity index (χ0) is 16.0. The second-order valence-electron chi connectivity index (χ2n) is 3.99. The highest BCUT2D eigenvalue weighted by Gasteiger charge is 2.23. The molecule has 0 radical (unpaired) electrons. The zero-order valence-electron chi connectivity index (χ0n) is 11.5. The van der Waals surface area contributed by atoms with Crippen molar-refractivity contribution in [2.45, 2.75) is 4.90 Å². The number of esters is 1. The summed E-state index contributed by atoms with van der Waals surface area (Å²) in [5.41, 5.74) is 0. The van der Waals surface area contributed by atoms with Gasteiger partial charge < -0.3 is 14.6 Å². The van der Waals surface area contributed by atoms with Crippen molar-refractivity contribution in [2.24, 2.45) is 0 Å². The highest BCUT2D eigenvalue weighted by atomic mass is 32.2. The molecular formula is C12H15NO7S. The molecule has 1 N–H and O–H groups in total. The van der Waals surface area contributed by atoms with E-state index in [0.29, 0.717) is 0 Å². The summed E-state index contributed by atoms with van der Waals surface area (Å²) in [5, 5.41) is 8.47. The molecule has 116 valence electrons. The van der Waals surface area contributed by atoms with Crippen LogP contribution in [0.1, 0.15) is 0 Å². The van der Waals surface area contributed by atoms with Crippen molar-refractivity contribution < 1.29 is 32.6 Å². The summed E-state index contributed by atoms with van der Waals surface area (Å²) in [4.78, 5) is 21.4. The molecule has 8 nitrogen and oxygen atoms in total. The lowest BCUT2D eigenvalue weighted by atomic mass is 10.3. The molecule has 1 aromatic carbocycles. The van der Waals surface area contributed by atoms with Gasteiger partial charge in [-0.25, -0.2) is 13.2 Å². The van der Waals surface area contributed by atoms with E-state index in [1.165, 1.54) is 31.3 Å². The van der Waals surface area contributed by atoms with Gasteiger partial charge in [-0.15, -0.1) is 0 Å². The van der Waals surface area contributed by atoms with Crippen molar-refractivity contribution in [3.05, 3.63) is 24.3 Å². The Kier molecular flexibility index (Phi) is 5.68. The summed E-state index contributed by atoms with van der Waals surface area (Å²) in [6, 6.07) is 5.20. The Hall–Kier alpha value is -2.13. The van der Waals surface area contributed by atoms with Crippen LogP contribution in [0, 0.1) is 0 Å². The third kappa shape index (κ3) is 4.72. The number of hydrogen-bond donors (Lipinski definition) is 1. The van der Waals surface area contributed by atoms with Gasteiger partial charge in [0, 0.05) is 7.05 Å². The Morgan fingerprint density at radius 3 is 2.29 bits per heavy atom. The Morgan fingerprint density at radius 1 is 1.24 bits per heavy atom. The number of carbonyl (C=O) groups is 2. The summed E-state index contributed by atoms with van der Waals surface area (Å²) >= 11 is 0. The number of carboxylic acids is 1. The summed E-state index contributed by atoms with van der Waals surface area (Å²) in [6.45, 7) is -0.926. The van der Waals surface area contributed by atoms with Crippen molar-refractivity contribution in [3.63, 3.8) is 0 Å². The average Bonchev–Trinajstić information content (AvgIpc) is 2.45. The molecule has 0 aliphatic carbocycles. The van der Waals surface area contributed by atoms with E-state index >= 15 is 0 Å². The molecule has 0 bridgehead atoms. The van der Waals surface area contributed by atoms with Crippen LogP contribution in [0.4, 0.5) is 0 Å². The molecule has 0 atom stereocenters. The van der Waals surface area contributed by atoms with Crippen LogP contribution in [0.2, 0.25) is 0 Å². The van der Waals surface area contributed by atoms with Crippen LogP contribution in [-0.2, 0) is 24.3 Å². The van der Waals surface area contributed by atoms with Gasteiger partial charge >= 0.3 is 11.9 Å². The minimum absolute atomic E-state index is 0.0448. The van der Waals surface area contributed by atoms with Crippen molar-refractivity contribution in [3.8, 4) is 5.75 Å². The largest absolute Gasteiger partial charge is 0.482 e. The number of aliphatic carboxylic acids is 1. The lowest BCUT2D eigenvalue weighted by Gasteiger charge is -2.16. The predicted molar refractivity (Wildman–Crippen MR) is 71.4 cm³/mol. The normalized spacial score (nSPS) is 11.2. The Morgan fingerprint density at radius 2 is 1.81 bits per heavy atom. The zero-order valence-corrected chi connectivity index (χ0v) is 12.3. The van der Waals surface area contributed by atoms with E-state index in [0.717, 1.165) is 11.4 Å². The fraction of sp³-hybridized carbons (Fsp3) is 0.333. The number of rotatable bonds is 7. The van der Waals surface area contributed by atoms with Crippen LogP contribution >= 0.6 is 0 Å². The van der Waals surface area contributed by atoms with E-state index in [2.05, 4.69) is 4.74 Å². The van der Waals surface area contributed by atoms with Crippen molar-refractivity contribution in [1.29, 1.82) is 0 Å². The fourth-order valence-corrected chi connectivity index (χ4v) is 2.48.